The standard InChI is InChI=1S/C14H16BrNO3/c1-8-6-12(15)9(2)5-11(8)14(19)16(7-13(17)18)10-3-4-10/h5-6,10H,3-4,7H2,1-2H3,(H,17,18). The van der Waals surface area contributed by atoms with Gasteiger partial charge in [0, 0.05) is 16.1 Å². The highest BCUT2D eigenvalue weighted by atomic mass is 79.9. The van der Waals surface area contributed by atoms with Crippen LogP contribution in [0.25, 0.3) is 0 Å². The Morgan fingerprint density at radius 3 is 2.47 bits per heavy atom. The molecule has 0 atom stereocenters. The minimum Gasteiger partial charge on any atom is -0.480 e. The van der Waals surface area contributed by atoms with Crippen molar-refractivity contribution in [1.29, 1.82) is 0 Å². The number of carbonyl (C=O) groups is 2. The van der Waals surface area contributed by atoms with Crippen LogP contribution in [0, 0.1) is 13.8 Å². The van der Waals surface area contributed by atoms with Gasteiger partial charge in [0.1, 0.15) is 6.54 Å². The molecule has 19 heavy (non-hydrogen) atoms. The Labute approximate surface area is 120 Å². The van der Waals surface area contributed by atoms with Gasteiger partial charge in [-0.25, -0.2) is 0 Å². The second-order valence-electron chi connectivity index (χ2n) is 4.97. The van der Waals surface area contributed by atoms with Crippen molar-refractivity contribution in [3.05, 3.63) is 33.3 Å². The van der Waals surface area contributed by atoms with Gasteiger partial charge in [-0.3, -0.25) is 9.59 Å². The molecule has 0 aliphatic heterocycles. The summed E-state index contributed by atoms with van der Waals surface area (Å²) in [6, 6.07) is 3.81. The Morgan fingerprint density at radius 1 is 1.32 bits per heavy atom. The van der Waals surface area contributed by atoms with E-state index in [1.165, 1.54) is 4.90 Å². The summed E-state index contributed by atoms with van der Waals surface area (Å²) in [6.45, 7) is 3.56. The summed E-state index contributed by atoms with van der Waals surface area (Å²) in [5.41, 5.74) is 2.42. The summed E-state index contributed by atoms with van der Waals surface area (Å²) in [6.07, 6.45) is 1.79. The minimum absolute atomic E-state index is 0.0898. The normalized spacial score (nSPS) is 14.3. The smallest absolute Gasteiger partial charge is 0.323 e. The van der Waals surface area contributed by atoms with Gasteiger partial charge in [-0.2, -0.15) is 0 Å². The maximum absolute atomic E-state index is 12.5. The predicted molar refractivity (Wildman–Crippen MR) is 75.3 cm³/mol. The number of amides is 1. The van der Waals surface area contributed by atoms with Crippen LogP contribution in [0.2, 0.25) is 0 Å². The molecule has 1 saturated carbocycles. The molecule has 1 N–H and O–H groups in total. The van der Waals surface area contributed by atoms with Crippen LogP contribution in [0.15, 0.2) is 16.6 Å². The van der Waals surface area contributed by atoms with Crippen LogP contribution in [-0.2, 0) is 4.79 Å². The Bertz CT molecular complexity index is 538. The SMILES string of the molecule is Cc1cc(C(=O)N(CC(=O)O)C2CC2)c(C)cc1Br. The third-order valence-corrected chi connectivity index (χ3v) is 4.14. The molecule has 0 radical (unpaired) electrons. The Balaban J connectivity index is 2.31. The largest absolute Gasteiger partial charge is 0.480 e. The monoisotopic (exact) mass is 325 g/mol. The van der Waals surface area contributed by atoms with Crippen molar-refractivity contribution >= 4 is 27.8 Å². The fraction of sp³-hybridized carbons (Fsp3) is 0.429. The predicted octanol–water partition coefficient (Wildman–Crippen LogP) is 2.76. The zero-order chi connectivity index (χ0) is 14.2. The second-order valence-corrected chi connectivity index (χ2v) is 5.83. The molecular formula is C14H16BrNO3. The van der Waals surface area contributed by atoms with Gasteiger partial charge in [0.15, 0.2) is 0 Å². The second kappa shape index (κ2) is 5.33. The van der Waals surface area contributed by atoms with Crippen molar-refractivity contribution in [3.8, 4) is 0 Å². The third-order valence-electron chi connectivity index (χ3n) is 3.29. The number of carboxylic acids is 1. The molecule has 1 aliphatic carbocycles. The fourth-order valence-corrected chi connectivity index (χ4v) is 2.52. The molecule has 1 aliphatic rings. The number of nitrogens with zero attached hydrogens (tertiary/aromatic N) is 1. The van der Waals surface area contributed by atoms with Gasteiger partial charge in [0.25, 0.3) is 5.91 Å². The molecule has 0 spiro atoms. The molecule has 2 rings (SSSR count). The molecule has 0 bridgehead atoms. The zero-order valence-electron chi connectivity index (χ0n) is 10.9. The number of benzene rings is 1. The molecule has 102 valence electrons. The zero-order valence-corrected chi connectivity index (χ0v) is 12.5. The number of hydrogen-bond donors (Lipinski definition) is 1. The minimum atomic E-state index is -0.966. The average molecular weight is 326 g/mol. The van der Waals surface area contributed by atoms with Gasteiger partial charge >= 0.3 is 5.97 Å². The number of aliphatic carboxylic acids is 1. The first-order valence-electron chi connectivity index (χ1n) is 6.19. The maximum atomic E-state index is 12.5. The summed E-state index contributed by atoms with van der Waals surface area (Å²) < 4.78 is 0.956. The molecule has 1 aromatic carbocycles. The molecular weight excluding hydrogens is 310 g/mol. The van der Waals surface area contributed by atoms with Crippen molar-refractivity contribution in [2.24, 2.45) is 0 Å². The Kier molecular flexibility index (Phi) is 3.94. The Hall–Kier alpha value is -1.36. The molecule has 0 aromatic heterocycles. The van der Waals surface area contributed by atoms with E-state index in [1.54, 1.807) is 0 Å². The number of rotatable bonds is 4. The van der Waals surface area contributed by atoms with Gasteiger partial charge < -0.3 is 10.0 Å². The Morgan fingerprint density at radius 2 is 1.95 bits per heavy atom. The van der Waals surface area contributed by atoms with Gasteiger partial charge in [-0.1, -0.05) is 15.9 Å². The third kappa shape index (κ3) is 3.15. The first-order valence-corrected chi connectivity index (χ1v) is 6.99. The van der Waals surface area contributed by atoms with E-state index in [0.717, 1.165) is 28.4 Å². The van der Waals surface area contributed by atoms with E-state index >= 15 is 0 Å². The highest BCUT2D eigenvalue weighted by Crippen LogP contribution is 2.29. The first-order chi connectivity index (χ1) is 8.90. The van der Waals surface area contributed by atoms with Crippen LogP contribution >= 0.6 is 15.9 Å². The molecule has 1 fully saturated rings. The topological polar surface area (TPSA) is 57.6 Å². The van der Waals surface area contributed by atoms with Crippen molar-refractivity contribution in [1.82, 2.24) is 4.90 Å². The number of aryl methyl sites for hydroxylation is 2. The molecule has 0 heterocycles. The summed E-state index contributed by atoms with van der Waals surface area (Å²) in [4.78, 5) is 24.8. The van der Waals surface area contributed by atoms with E-state index in [0.29, 0.717) is 5.56 Å². The highest BCUT2D eigenvalue weighted by Gasteiger charge is 2.34. The number of carboxylic acid groups (broad SMARTS) is 1. The van der Waals surface area contributed by atoms with E-state index in [-0.39, 0.29) is 18.5 Å². The molecule has 5 heteroatoms. The first kappa shape index (κ1) is 14.1. The summed E-state index contributed by atoms with van der Waals surface area (Å²) in [7, 11) is 0. The van der Waals surface area contributed by atoms with E-state index in [4.69, 9.17) is 5.11 Å². The van der Waals surface area contributed by atoms with E-state index in [9.17, 15) is 9.59 Å². The lowest BCUT2D eigenvalue weighted by Crippen LogP contribution is -2.37. The van der Waals surface area contributed by atoms with Crippen molar-refractivity contribution < 1.29 is 14.7 Å². The van der Waals surface area contributed by atoms with Crippen LogP contribution < -0.4 is 0 Å². The summed E-state index contributed by atoms with van der Waals surface area (Å²) in [5.74, 6) is -1.15. The van der Waals surface area contributed by atoms with Crippen LogP contribution in [0.5, 0.6) is 0 Å². The van der Waals surface area contributed by atoms with E-state index in [2.05, 4.69) is 15.9 Å². The highest BCUT2D eigenvalue weighted by molar-refractivity contribution is 9.10. The van der Waals surface area contributed by atoms with Crippen molar-refractivity contribution in [3.63, 3.8) is 0 Å². The van der Waals surface area contributed by atoms with Crippen LogP contribution in [0.4, 0.5) is 0 Å². The van der Waals surface area contributed by atoms with Crippen LogP contribution in [0.1, 0.15) is 34.3 Å². The van der Waals surface area contributed by atoms with Gasteiger partial charge in [0.2, 0.25) is 0 Å². The van der Waals surface area contributed by atoms with Crippen LogP contribution in [-0.4, -0.2) is 34.5 Å². The lowest BCUT2D eigenvalue weighted by Gasteiger charge is -2.21. The van der Waals surface area contributed by atoms with Gasteiger partial charge in [-0.15, -0.1) is 0 Å². The van der Waals surface area contributed by atoms with Gasteiger partial charge in [-0.05, 0) is 49.9 Å². The fourth-order valence-electron chi connectivity index (χ4n) is 2.06. The van der Waals surface area contributed by atoms with E-state index in [1.807, 2.05) is 26.0 Å². The van der Waals surface area contributed by atoms with Gasteiger partial charge in [0.05, 0.1) is 0 Å². The van der Waals surface area contributed by atoms with Crippen molar-refractivity contribution in [2.75, 3.05) is 6.54 Å². The quantitative estimate of drug-likeness (QED) is 0.926. The molecule has 4 nitrogen and oxygen atoms in total. The maximum Gasteiger partial charge on any atom is 0.323 e. The van der Waals surface area contributed by atoms with Crippen molar-refractivity contribution in [2.45, 2.75) is 32.7 Å². The number of carbonyl (C=O) groups excluding carboxylic acids is 1. The number of halogens is 1. The number of hydrogen-bond acceptors (Lipinski definition) is 2. The molecule has 0 saturated heterocycles. The lowest BCUT2D eigenvalue weighted by molar-refractivity contribution is -0.137. The lowest BCUT2D eigenvalue weighted by atomic mass is 10.0. The van der Waals surface area contributed by atoms with E-state index < -0.39 is 5.97 Å². The summed E-state index contributed by atoms with van der Waals surface area (Å²) >= 11 is 3.43. The average Bonchev–Trinajstić information content (AvgIpc) is 3.14. The molecule has 1 amide bonds. The van der Waals surface area contributed by atoms with Crippen LogP contribution in [0.3, 0.4) is 0 Å². The molecule has 1 aromatic rings. The molecule has 0 unspecified atom stereocenters. The summed E-state index contributed by atoms with van der Waals surface area (Å²) in [5, 5.41) is 8.92.